The van der Waals surface area contributed by atoms with Crippen LogP contribution in [0.1, 0.15) is 44.2 Å². The molecule has 9 heteroatoms. The molecule has 1 N–H and O–H groups in total. The van der Waals surface area contributed by atoms with Crippen LogP contribution in [0, 0.1) is 0 Å². The van der Waals surface area contributed by atoms with Gasteiger partial charge in [-0.05, 0) is 44.7 Å². The number of piperidine rings is 1. The smallest absolute Gasteiger partial charge is 0.278 e. The average molecular weight is 397 g/mol. The van der Waals surface area contributed by atoms with Gasteiger partial charge in [-0.3, -0.25) is 4.90 Å². The van der Waals surface area contributed by atoms with Crippen LogP contribution in [0.5, 0.6) is 0 Å². The van der Waals surface area contributed by atoms with E-state index in [0.29, 0.717) is 12.6 Å². The summed E-state index contributed by atoms with van der Waals surface area (Å²) in [6.07, 6.45) is 8.59. The van der Waals surface area contributed by atoms with E-state index in [2.05, 4.69) is 19.5 Å². The van der Waals surface area contributed by atoms with E-state index in [1.165, 1.54) is 30.0 Å². The summed E-state index contributed by atoms with van der Waals surface area (Å²) in [5.74, 6) is 0.845. The van der Waals surface area contributed by atoms with Crippen molar-refractivity contribution in [2.24, 2.45) is 0 Å². The first-order valence-electron chi connectivity index (χ1n) is 9.94. The van der Waals surface area contributed by atoms with Gasteiger partial charge < -0.3 is 4.90 Å². The summed E-state index contributed by atoms with van der Waals surface area (Å²) in [5.41, 5.74) is 1.05. The Bertz CT molecular complexity index is 706. The highest BCUT2D eigenvalue weighted by atomic mass is 32.2. The van der Waals surface area contributed by atoms with Crippen molar-refractivity contribution in [3.05, 3.63) is 18.0 Å². The lowest BCUT2D eigenvalue weighted by atomic mass is 9.99. The van der Waals surface area contributed by atoms with Crippen LogP contribution in [0.25, 0.3) is 0 Å². The van der Waals surface area contributed by atoms with Crippen molar-refractivity contribution in [2.45, 2.75) is 51.1 Å². The van der Waals surface area contributed by atoms with Gasteiger partial charge >= 0.3 is 0 Å². The molecule has 0 saturated carbocycles. The van der Waals surface area contributed by atoms with Gasteiger partial charge in [0.1, 0.15) is 0 Å². The minimum Gasteiger partial charge on any atom is -0.341 e. The second-order valence-electron chi connectivity index (χ2n) is 7.63. The average Bonchev–Trinajstić information content (AvgIpc) is 3.18. The Morgan fingerprint density at radius 2 is 1.93 bits per heavy atom. The lowest BCUT2D eigenvalue weighted by Crippen LogP contribution is -2.43. The van der Waals surface area contributed by atoms with E-state index < -0.39 is 10.2 Å². The minimum absolute atomic E-state index is 0.383. The summed E-state index contributed by atoms with van der Waals surface area (Å²) in [6, 6.07) is 2.38. The number of hydrogen-bond donors (Lipinski definition) is 1. The largest absolute Gasteiger partial charge is 0.341 e. The van der Waals surface area contributed by atoms with Crippen LogP contribution in [0.15, 0.2) is 12.3 Å². The molecule has 3 rings (SSSR count). The number of likely N-dealkylation sites (tertiary alicyclic amines) is 1. The molecule has 0 aromatic carbocycles. The van der Waals surface area contributed by atoms with Crippen molar-refractivity contribution in [1.82, 2.24) is 23.9 Å². The Labute approximate surface area is 163 Å². The van der Waals surface area contributed by atoms with E-state index in [1.807, 2.05) is 12.3 Å². The molecule has 2 aliphatic rings. The van der Waals surface area contributed by atoms with Crippen LogP contribution >= 0.6 is 0 Å². The topological polar surface area (TPSA) is 81.7 Å². The Morgan fingerprint density at radius 3 is 2.67 bits per heavy atom. The summed E-state index contributed by atoms with van der Waals surface area (Å²) in [5, 5.41) is 0. The normalized spacial score (nSPS) is 21.9. The number of hydrogen-bond acceptors (Lipinski definition) is 6. The third kappa shape index (κ3) is 5.60. The lowest BCUT2D eigenvalue weighted by molar-refractivity contribution is 0.131. The molecule has 1 aromatic heterocycles. The molecule has 27 heavy (non-hydrogen) atoms. The first kappa shape index (κ1) is 20.4. The van der Waals surface area contributed by atoms with E-state index in [-0.39, 0.29) is 0 Å². The molecule has 152 valence electrons. The van der Waals surface area contributed by atoms with Crippen molar-refractivity contribution < 1.29 is 8.42 Å². The molecule has 2 fully saturated rings. The van der Waals surface area contributed by atoms with Crippen LogP contribution < -0.4 is 9.62 Å². The first-order valence-corrected chi connectivity index (χ1v) is 11.4. The van der Waals surface area contributed by atoms with E-state index in [4.69, 9.17) is 4.98 Å². The monoisotopic (exact) mass is 396 g/mol. The number of rotatable bonds is 8. The second kappa shape index (κ2) is 9.27. The highest BCUT2D eigenvalue weighted by molar-refractivity contribution is 7.87. The van der Waals surface area contributed by atoms with Crippen LogP contribution in [-0.2, 0) is 16.8 Å². The van der Waals surface area contributed by atoms with Gasteiger partial charge in [0.25, 0.3) is 10.2 Å². The maximum absolute atomic E-state index is 11.9. The molecule has 8 nitrogen and oxygen atoms in total. The lowest BCUT2D eigenvalue weighted by Gasteiger charge is -2.35. The highest BCUT2D eigenvalue weighted by Gasteiger charge is 2.24. The van der Waals surface area contributed by atoms with Gasteiger partial charge in [-0.2, -0.15) is 12.7 Å². The third-order valence-electron chi connectivity index (χ3n) is 5.45. The van der Waals surface area contributed by atoms with E-state index in [9.17, 15) is 8.42 Å². The van der Waals surface area contributed by atoms with Crippen molar-refractivity contribution in [3.8, 4) is 0 Å². The molecule has 0 amide bonds. The maximum atomic E-state index is 11.9. The number of nitrogens with one attached hydrogen (secondary N) is 1. The standard InChI is InChI=1S/C18H32N6O2S/c1-22(2)27(25,26)20-11-9-17-7-3-4-14-24(17)15-16-8-10-19-18(21-16)23-12-5-6-13-23/h8,10,17,20H,3-7,9,11-15H2,1-2H3. The third-order valence-corrected chi connectivity index (χ3v) is 6.98. The molecular formula is C18H32N6O2S. The summed E-state index contributed by atoms with van der Waals surface area (Å²) in [6.45, 7) is 4.39. The van der Waals surface area contributed by atoms with Crippen molar-refractivity contribution in [2.75, 3.05) is 45.2 Å². The summed E-state index contributed by atoms with van der Waals surface area (Å²) >= 11 is 0. The van der Waals surface area contributed by atoms with E-state index in [1.54, 1.807) is 14.1 Å². The van der Waals surface area contributed by atoms with Crippen molar-refractivity contribution in [3.63, 3.8) is 0 Å². The molecule has 0 spiro atoms. The fraction of sp³-hybridized carbons (Fsp3) is 0.778. The highest BCUT2D eigenvalue weighted by Crippen LogP contribution is 2.22. The summed E-state index contributed by atoms with van der Waals surface area (Å²) in [4.78, 5) is 13.9. The molecule has 1 unspecified atom stereocenters. The molecule has 0 radical (unpaired) electrons. The Hall–Kier alpha value is -1.29. The van der Waals surface area contributed by atoms with E-state index in [0.717, 1.165) is 50.7 Å². The fourth-order valence-electron chi connectivity index (χ4n) is 3.83. The zero-order valence-corrected chi connectivity index (χ0v) is 17.3. The van der Waals surface area contributed by atoms with E-state index >= 15 is 0 Å². The maximum Gasteiger partial charge on any atom is 0.278 e. The Morgan fingerprint density at radius 1 is 1.19 bits per heavy atom. The van der Waals surface area contributed by atoms with Crippen molar-refractivity contribution in [1.29, 1.82) is 0 Å². The second-order valence-corrected chi connectivity index (χ2v) is 9.60. The van der Waals surface area contributed by atoms with Gasteiger partial charge in [-0.25, -0.2) is 14.7 Å². The SMILES string of the molecule is CN(C)S(=O)(=O)NCCC1CCCCN1Cc1ccnc(N2CCCC2)n1. The fourth-order valence-corrected chi connectivity index (χ4v) is 4.46. The molecule has 3 heterocycles. The van der Waals surface area contributed by atoms with Gasteiger partial charge in [0.2, 0.25) is 5.95 Å². The molecular weight excluding hydrogens is 364 g/mol. The molecule has 1 atom stereocenters. The van der Waals surface area contributed by atoms with Crippen LogP contribution in [0.4, 0.5) is 5.95 Å². The number of anilines is 1. The van der Waals surface area contributed by atoms with Crippen LogP contribution in [0.3, 0.4) is 0 Å². The molecule has 0 bridgehead atoms. The van der Waals surface area contributed by atoms with Crippen LogP contribution in [0.2, 0.25) is 0 Å². The zero-order chi connectivity index (χ0) is 19.3. The number of aromatic nitrogens is 2. The van der Waals surface area contributed by atoms with Gasteiger partial charge in [-0.1, -0.05) is 6.42 Å². The van der Waals surface area contributed by atoms with Gasteiger partial charge in [-0.15, -0.1) is 0 Å². The Kier molecular flexibility index (Phi) is 7.02. The molecule has 2 aliphatic heterocycles. The van der Waals surface area contributed by atoms with Gasteiger partial charge in [0.05, 0.1) is 5.69 Å². The van der Waals surface area contributed by atoms with Gasteiger partial charge in [0, 0.05) is 52.5 Å². The minimum atomic E-state index is -3.35. The quantitative estimate of drug-likeness (QED) is 0.711. The molecule has 0 aliphatic carbocycles. The zero-order valence-electron chi connectivity index (χ0n) is 16.5. The summed E-state index contributed by atoms with van der Waals surface area (Å²) < 4.78 is 27.7. The predicted octanol–water partition coefficient (Wildman–Crippen LogP) is 1.22. The van der Waals surface area contributed by atoms with Crippen LogP contribution in [-0.4, -0.2) is 73.9 Å². The van der Waals surface area contributed by atoms with Gasteiger partial charge in [0.15, 0.2) is 0 Å². The first-order chi connectivity index (χ1) is 13.0. The molecule has 2 saturated heterocycles. The molecule has 1 aromatic rings. The summed E-state index contributed by atoms with van der Waals surface area (Å²) in [7, 11) is -0.264. The number of nitrogens with zero attached hydrogens (tertiary/aromatic N) is 5. The predicted molar refractivity (Wildman–Crippen MR) is 107 cm³/mol. The Balaban J connectivity index is 1.58. The van der Waals surface area contributed by atoms with Crippen molar-refractivity contribution >= 4 is 16.2 Å².